The molecule has 0 heterocycles. The second-order valence-corrected chi connectivity index (χ2v) is 13.0. The third-order valence-electron chi connectivity index (χ3n) is 7.39. The summed E-state index contributed by atoms with van der Waals surface area (Å²) in [6.07, 6.45) is 0.998. The maximum atomic E-state index is 14.5. The van der Waals surface area contributed by atoms with Crippen molar-refractivity contribution in [2.45, 2.75) is 51.1 Å². The number of sulfonamides is 1. The fourth-order valence-electron chi connectivity index (χ4n) is 4.94. The molecular formula is C35H38ClN3O4S. The molecule has 0 saturated heterocycles. The van der Waals surface area contributed by atoms with Crippen LogP contribution in [0.4, 0.5) is 5.69 Å². The van der Waals surface area contributed by atoms with Gasteiger partial charge in [-0.1, -0.05) is 85.3 Å². The first kappa shape index (κ1) is 32.8. The van der Waals surface area contributed by atoms with Gasteiger partial charge in [-0.25, -0.2) is 8.42 Å². The second-order valence-electron chi connectivity index (χ2n) is 10.7. The lowest BCUT2D eigenvalue weighted by Crippen LogP contribution is -2.53. The number of nitrogens with zero attached hydrogens (tertiary/aromatic N) is 2. The Bertz CT molecular complexity index is 1680. The van der Waals surface area contributed by atoms with Crippen LogP contribution < -0.4 is 9.62 Å². The van der Waals surface area contributed by atoms with Gasteiger partial charge in [0, 0.05) is 24.5 Å². The number of carbonyl (C=O) groups is 2. The highest BCUT2D eigenvalue weighted by atomic mass is 35.5. The molecule has 0 aliphatic rings. The smallest absolute Gasteiger partial charge is 0.264 e. The van der Waals surface area contributed by atoms with E-state index in [2.05, 4.69) is 5.32 Å². The molecule has 0 aliphatic carbocycles. The van der Waals surface area contributed by atoms with E-state index >= 15 is 0 Å². The minimum absolute atomic E-state index is 0.00295. The quantitative estimate of drug-likeness (QED) is 0.187. The number of benzene rings is 4. The van der Waals surface area contributed by atoms with Crippen molar-refractivity contribution in [3.05, 3.63) is 130 Å². The molecule has 0 bridgehead atoms. The van der Waals surface area contributed by atoms with Gasteiger partial charge in [-0.3, -0.25) is 13.9 Å². The number of rotatable bonds is 13. The van der Waals surface area contributed by atoms with Crippen molar-refractivity contribution in [2.75, 3.05) is 17.4 Å². The van der Waals surface area contributed by atoms with Crippen LogP contribution in [0.5, 0.6) is 0 Å². The van der Waals surface area contributed by atoms with Gasteiger partial charge < -0.3 is 10.2 Å². The van der Waals surface area contributed by atoms with Gasteiger partial charge in [0.1, 0.15) is 12.6 Å². The average Bonchev–Trinajstić information content (AvgIpc) is 3.01. The minimum Gasteiger partial charge on any atom is -0.354 e. The molecule has 44 heavy (non-hydrogen) atoms. The number of anilines is 1. The lowest BCUT2D eigenvalue weighted by Gasteiger charge is -2.34. The minimum atomic E-state index is -4.19. The van der Waals surface area contributed by atoms with Crippen LogP contribution in [0.15, 0.2) is 108 Å². The van der Waals surface area contributed by atoms with Gasteiger partial charge in [-0.2, -0.15) is 0 Å². The first-order valence-corrected chi connectivity index (χ1v) is 16.4. The number of hydrogen-bond donors (Lipinski definition) is 1. The van der Waals surface area contributed by atoms with Crippen molar-refractivity contribution in [1.29, 1.82) is 0 Å². The van der Waals surface area contributed by atoms with Crippen molar-refractivity contribution >= 4 is 39.1 Å². The van der Waals surface area contributed by atoms with Crippen LogP contribution in [-0.2, 0) is 32.6 Å². The standard InChI is InChI=1S/C35H38ClN3O4S/c1-4-21-37-35(41)33(23-28-13-6-5-7-14-28)38(24-29-15-9-8-12-27(29)3)34(40)25-39(31-16-10-11-26(2)22-31)44(42,43)32-19-17-30(36)18-20-32/h5-20,22,33H,4,21,23-25H2,1-3H3,(H,37,41)/t33-/m1/s1. The fraction of sp³-hybridized carbons (Fsp3) is 0.257. The number of carbonyl (C=O) groups excluding carboxylic acids is 2. The topological polar surface area (TPSA) is 86.8 Å². The molecule has 0 fully saturated rings. The highest BCUT2D eigenvalue weighted by Gasteiger charge is 2.34. The van der Waals surface area contributed by atoms with Gasteiger partial charge >= 0.3 is 0 Å². The van der Waals surface area contributed by atoms with Crippen molar-refractivity contribution in [3.8, 4) is 0 Å². The Morgan fingerprint density at radius 1 is 0.864 bits per heavy atom. The molecule has 1 N–H and O–H groups in total. The zero-order valence-electron chi connectivity index (χ0n) is 25.2. The van der Waals surface area contributed by atoms with E-state index in [4.69, 9.17) is 11.6 Å². The summed E-state index contributed by atoms with van der Waals surface area (Å²) in [5, 5.41) is 3.36. The molecule has 4 aromatic rings. The lowest BCUT2D eigenvalue weighted by atomic mass is 10.0. The molecule has 0 radical (unpaired) electrons. The largest absolute Gasteiger partial charge is 0.354 e. The summed E-state index contributed by atoms with van der Waals surface area (Å²) in [5.41, 5.74) is 3.89. The van der Waals surface area contributed by atoms with Crippen molar-refractivity contribution < 1.29 is 18.0 Å². The number of amides is 2. The Morgan fingerprint density at radius 3 is 2.20 bits per heavy atom. The normalized spacial score (nSPS) is 11.9. The summed E-state index contributed by atoms with van der Waals surface area (Å²) < 4.78 is 29.3. The molecular weight excluding hydrogens is 594 g/mol. The van der Waals surface area contributed by atoms with Gasteiger partial charge in [0.25, 0.3) is 10.0 Å². The second kappa shape index (κ2) is 15.0. The molecule has 4 rings (SSSR count). The number of aryl methyl sites for hydroxylation is 2. The number of halogens is 1. The van der Waals surface area contributed by atoms with Gasteiger partial charge in [-0.05, 0) is 78.9 Å². The monoisotopic (exact) mass is 631 g/mol. The molecule has 4 aromatic carbocycles. The van der Waals surface area contributed by atoms with E-state index in [0.29, 0.717) is 17.3 Å². The Hall–Kier alpha value is -4.14. The lowest BCUT2D eigenvalue weighted by molar-refractivity contribution is -0.140. The predicted molar refractivity (Wildman–Crippen MR) is 176 cm³/mol. The third kappa shape index (κ3) is 8.27. The summed E-state index contributed by atoms with van der Waals surface area (Å²) >= 11 is 6.05. The molecule has 0 spiro atoms. The first-order valence-electron chi connectivity index (χ1n) is 14.6. The molecule has 7 nitrogen and oxygen atoms in total. The number of hydrogen-bond acceptors (Lipinski definition) is 4. The van der Waals surface area contributed by atoms with Crippen molar-refractivity contribution in [1.82, 2.24) is 10.2 Å². The SMILES string of the molecule is CCCNC(=O)[C@@H](Cc1ccccc1)N(Cc1ccccc1C)C(=O)CN(c1cccc(C)c1)S(=O)(=O)c1ccc(Cl)cc1. The zero-order chi connectivity index (χ0) is 31.7. The van der Waals surface area contributed by atoms with E-state index in [9.17, 15) is 18.0 Å². The van der Waals surface area contributed by atoms with E-state index in [0.717, 1.165) is 33.0 Å². The van der Waals surface area contributed by atoms with Gasteiger partial charge in [0.2, 0.25) is 11.8 Å². The maximum Gasteiger partial charge on any atom is 0.264 e. The molecule has 1 atom stereocenters. The summed E-state index contributed by atoms with van der Waals surface area (Å²) in [5.74, 6) is -0.792. The first-order chi connectivity index (χ1) is 21.1. The van der Waals surface area contributed by atoms with E-state index < -0.39 is 28.5 Å². The molecule has 0 aromatic heterocycles. The van der Waals surface area contributed by atoms with Gasteiger partial charge in [0.05, 0.1) is 10.6 Å². The Labute approximate surface area is 265 Å². The van der Waals surface area contributed by atoms with Crippen LogP contribution >= 0.6 is 11.6 Å². The van der Waals surface area contributed by atoms with Crippen LogP contribution in [0.1, 0.15) is 35.6 Å². The Balaban J connectivity index is 1.80. The molecule has 0 saturated carbocycles. The predicted octanol–water partition coefficient (Wildman–Crippen LogP) is 6.32. The summed E-state index contributed by atoms with van der Waals surface area (Å²) in [4.78, 5) is 29.7. The third-order valence-corrected chi connectivity index (χ3v) is 9.43. The van der Waals surface area contributed by atoms with E-state index in [1.807, 2.05) is 81.4 Å². The zero-order valence-corrected chi connectivity index (χ0v) is 26.8. The molecule has 9 heteroatoms. The highest BCUT2D eigenvalue weighted by Crippen LogP contribution is 2.27. The number of nitrogens with one attached hydrogen (secondary N) is 1. The van der Waals surface area contributed by atoms with Crippen molar-refractivity contribution in [3.63, 3.8) is 0 Å². The van der Waals surface area contributed by atoms with E-state index in [1.165, 1.54) is 29.2 Å². The van der Waals surface area contributed by atoms with Crippen LogP contribution in [-0.4, -0.2) is 44.3 Å². The molecule has 0 unspecified atom stereocenters. The van der Waals surface area contributed by atoms with Crippen LogP contribution in [0, 0.1) is 13.8 Å². The van der Waals surface area contributed by atoms with Gasteiger partial charge in [-0.15, -0.1) is 0 Å². The molecule has 230 valence electrons. The van der Waals surface area contributed by atoms with Gasteiger partial charge in [0.15, 0.2) is 0 Å². The summed E-state index contributed by atoms with van der Waals surface area (Å²) in [7, 11) is -4.19. The average molecular weight is 632 g/mol. The summed E-state index contributed by atoms with van der Waals surface area (Å²) in [6.45, 7) is 5.85. The Kier molecular flexibility index (Phi) is 11.2. The summed E-state index contributed by atoms with van der Waals surface area (Å²) in [6, 6.07) is 29.1. The van der Waals surface area contributed by atoms with E-state index in [1.54, 1.807) is 18.2 Å². The molecule has 2 amide bonds. The van der Waals surface area contributed by atoms with Crippen LogP contribution in [0.2, 0.25) is 5.02 Å². The Morgan fingerprint density at radius 2 is 1.55 bits per heavy atom. The fourth-order valence-corrected chi connectivity index (χ4v) is 6.47. The van der Waals surface area contributed by atoms with Crippen molar-refractivity contribution in [2.24, 2.45) is 0 Å². The molecule has 0 aliphatic heterocycles. The van der Waals surface area contributed by atoms with Crippen LogP contribution in [0.3, 0.4) is 0 Å². The van der Waals surface area contributed by atoms with E-state index in [-0.39, 0.29) is 23.8 Å². The maximum absolute atomic E-state index is 14.5. The van der Waals surface area contributed by atoms with Crippen LogP contribution in [0.25, 0.3) is 0 Å². The highest BCUT2D eigenvalue weighted by molar-refractivity contribution is 7.92.